The third-order valence-corrected chi connectivity index (χ3v) is 3.13. The molecule has 0 spiro atoms. The van der Waals surface area contributed by atoms with Crippen LogP contribution in [-0.2, 0) is 6.61 Å². The fourth-order valence-corrected chi connectivity index (χ4v) is 1.98. The monoisotopic (exact) mass is 331 g/mol. The van der Waals surface area contributed by atoms with Crippen molar-refractivity contribution in [1.29, 1.82) is 0 Å². The maximum absolute atomic E-state index is 12.2. The molecule has 0 heterocycles. The molecule has 0 unspecified atom stereocenters. The first-order valence-electron chi connectivity index (χ1n) is 7.50. The molecule has 0 aliphatic heterocycles. The largest absolute Gasteiger partial charge is 0.490 e. The van der Waals surface area contributed by atoms with Crippen LogP contribution in [0.15, 0.2) is 54.7 Å². The number of halogens is 1. The van der Waals surface area contributed by atoms with Crippen LogP contribution in [0.25, 0.3) is 6.08 Å². The lowest BCUT2D eigenvalue weighted by atomic mass is 10.2. The fourth-order valence-electron chi connectivity index (χ4n) is 1.98. The molecule has 2 rings (SSSR count). The molecule has 2 aromatic carbocycles. The smallest absolute Gasteiger partial charge is 0.235 e. The van der Waals surface area contributed by atoms with E-state index in [0.717, 1.165) is 11.8 Å². The molecule has 0 N–H and O–H groups in total. The lowest BCUT2D eigenvalue weighted by Crippen LogP contribution is -2.02. The Hall–Kier alpha value is -2.89. The second-order valence-electron chi connectivity index (χ2n) is 4.97. The highest BCUT2D eigenvalue weighted by Crippen LogP contribution is 2.30. The van der Waals surface area contributed by atoms with Gasteiger partial charge in [-0.3, -0.25) is 14.5 Å². The first kappa shape index (κ1) is 17.5. The molecule has 0 aromatic heterocycles. The Morgan fingerprint density at radius 1 is 1.08 bits per heavy atom. The molecule has 24 heavy (non-hydrogen) atoms. The second kappa shape index (κ2) is 9.29. The molecular formula is C18H18FNO4. The first-order chi connectivity index (χ1) is 11.7. The summed E-state index contributed by atoms with van der Waals surface area (Å²) in [5.74, 6) is 0.945. The van der Waals surface area contributed by atoms with Gasteiger partial charge in [0.2, 0.25) is 6.20 Å². The molecule has 0 aliphatic carbocycles. The van der Waals surface area contributed by atoms with E-state index in [1.807, 2.05) is 30.3 Å². The van der Waals surface area contributed by atoms with Crippen LogP contribution in [0.2, 0.25) is 0 Å². The van der Waals surface area contributed by atoms with Crippen molar-refractivity contribution >= 4 is 6.08 Å². The third kappa shape index (κ3) is 5.72. The topological polar surface area (TPSA) is 61.6 Å². The Bertz CT molecular complexity index is 689. The van der Waals surface area contributed by atoms with Crippen LogP contribution in [0, 0.1) is 10.1 Å². The highest BCUT2D eigenvalue weighted by Gasteiger charge is 2.07. The SMILES string of the molecule is O=[N+]([O-])C=Cc1ccc(OCCCF)c(OCc2ccccc2)c1. The van der Waals surface area contributed by atoms with Crippen molar-refractivity contribution in [2.75, 3.05) is 13.3 Å². The molecule has 0 amide bonds. The number of alkyl halides is 1. The van der Waals surface area contributed by atoms with E-state index in [4.69, 9.17) is 9.47 Å². The predicted molar refractivity (Wildman–Crippen MR) is 89.3 cm³/mol. The number of benzene rings is 2. The van der Waals surface area contributed by atoms with Crippen LogP contribution >= 0.6 is 0 Å². The Labute approximate surface area is 139 Å². The van der Waals surface area contributed by atoms with Crippen molar-refractivity contribution < 1.29 is 18.8 Å². The van der Waals surface area contributed by atoms with Gasteiger partial charge in [-0.2, -0.15) is 0 Å². The quantitative estimate of drug-likeness (QED) is 0.391. The molecule has 0 saturated carbocycles. The average Bonchev–Trinajstić information content (AvgIpc) is 2.60. The summed E-state index contributed by atoms with van der Waals surface area (Å²) in [6, 6.07) is 14.6. The number of ether oxygens (including phenoxy) is 2. The Morgan fingerprint density at radius 2 is 1.88 bits per heavy atom. The number of rotatable bonds is 9. The van der Waals surface area contributed by atoms with Gasteiger partial charge in [-0.25, -0.2) is 0 Å². The summed E-state index contributed by atoms with van der Waals surface area (Å²) < 4.78 is 23.5. The highest BCUT2D eigenvalue weighted by atomic mass is 19.1. The number of hydrogen-bond donors (Lipinski definition) is 0. The van der Waals surface area contributed by atoms with E-state index in [1.165, 1.54) is 6.08 Å². The standard InChI is InChI=1S/C18H18FNO4/c19-10-4-12-23-17-8-7-15(9-11-20(21)22)13-18(17)24-14-16-5-2-1-3-6-16/h1-3,5-9,11,13H,4,10,12,14H2. The van der Waals surface area contributed by atoms with Crippen LogP contribution in [0.1, 0.15) is 17.5 Å². The van der Waals surface area contributed by atoms with E-state index in [0.29, 0.717) is 30.1 Å². The van der Waals surface area contributed by atoms with Gasteiger partial charge in [0.1, 0.15) is 6.61 Å². The fraction of sp³-hybridized carbons (Fsp3) is 0.222. The minimum atomic E-state index is -0.532. The number of nitro groups is 1. The maximum Gasteiger partial charge on any atom is 0.235 e. The summed E-state index contributed by atoms with van der Waals surface area (Å²) in [6.07, 6.45) is 2.53. The zero-order valence-corrected chi connectivity index (χ0v) is 13.1. The lowest BCUT2D eigenvalue weighted by Gasteiger charge is -2.13. The molecule has 5 nitrogen and oxygen atoms in total. The molecule has 0 fully saturated rings. The van der Waals surface area contributed by atoms with Crippen molar-refractivity contribution in [1.82, 2.24) is 0 Å². The van der Waals surface area contributed by atoms with E-state index in [1.54, 1.807) is 18.2 Å². The Balaban J connectivity index is 2.15. The molecule has 2 aromatic rings. The van der Waals surface area contributed by atoms with E-state index in [9.17, 15) is 14.5 Å². The van der Waals surface area contributed by atoms with Crippen molar-refractivity contribution in [3.05, 3.63) is 76.0 Å². The summed E-state index contributed by atoms with van der Waals surface area (Å²) in [6.45, 7) is 0.120. The van der Waals surface area contributed by atoms with Crippen molar-refractivity contribution in [2.45, 2.75) is 13.0 Å². The van der Waals surface area contributed by atoms with Crippen LogP contribution in [-0.4, -0.2) is 18.2 Å². The maximum atomic E-state index is 12.2. The normalized spacial score (nSPS) is 10.7. The molecule has 6 heteroatoms. The molecule has 0 atom stereocenters. The zero-order chi connectivity index (χ0) is 17.2. The highest BCUT2D eigenvalue weighted by molar-refractivity contribution is 5.55. The third-order valence-electron chi connectivity index (χ3n) is 3.13. The predicted octanol–water partition coefficient (Wildman–Crippen LogP) is 4.25. The van der Waals surface area contributed by atoms with Gasteiger partial charge in [-0.05, 0) is 23.3 Å². The van der Waals surface area contributed by atoms with Crippen LogP contribution in [0.5, 0.6) is 11.5 Å². The molecule has 0 bridgehead atoms. The Morgan fingerprint density at radius 3 is 2.58 bits per heavy atom. The summed E-state index contributed by atoms with van der Waals surface area (Å²) in [4.78, 5) is 9.91. The van der Waals surface area contributed by atoms with Gasteiger partial charge in [0.05, 0.1) is 18.2 Å². The number of nitrogens with zero attached hydrogens (tertiary/aromatic N) is 1. The number of hydrogen-bond acceptors (Lipinski definition) is 4. The summed E-state index contributed by atoms with van der Waals surface area (Å²) in [5, 5.41) is 10.4. The van der Waals surface area contributed by atoms with E-state index < -0.39 is 11.6 Å². The van der Waals surface area contributed by atoms with E-state index in [2.05, 4.69) is 0 Å². The van der Waals surface area contributed by atoms with Gasteiger partial charge in [0.25, 0.3) is 0 Å². The Kier molecular flexibility index (Phi) is 6.76. The van der Waals surface area contributed by atoms with Gasteiger partial charge in [-0.1, -0.05) is 36.4 Å². The van der Waals surface area contributed by atoms with Gasteiger partial charge in [-0.15, -0.1) is 0 Å². The van der Waals surface area contributed by atoms with Gasteiger partial charge < -0.3 is 9.47 Å². The van der Waals surface area contributed by atoms with Crippen molar-refractivity contribution in [3.63, 3.8) is 0 Å². The van der Waals surface area contributed by atoms with E-state index in [-0.39, 0.29) is 6.61 Å². The molecule has 0 radical (unpaired) electrons. The van der Waals surface area contributed by atoms with Gasteiger partial charge in [0.15, 0.2) is 11.5 Å². The summed E-state index contributed by atoms with van der Waals surface area (Å²) in [7, 11) is 0. The zero-order valence-electron chi connectivity index (χ0n) is 13.1. The second-order valence-corrected chi connectivity index (χ2v) is 4.97. The molecule has 0 aliphatic rings. The van der Waals surface area contributed by atoms with Crippen LogP contribution in [0.3, 0.4) is 0 Å². The van der Waals surface area contributed by atoms with Crippen molar-refractivity contribution in [3.8, 4) is 11.5 Å². The summed E-state index contributed by atoms with van der Waals surface area (Å²) in [5.41, 5.74) is 1.60. The van der Waals surface area contributed by atoms with Crippen LogP contribution in [0.4, 0.5) is 4.39 Å². The van der Waals surface area contributed by atoms with Gasteiger partial charge >= 0.3 is 0 Å². The molecule has 0 saturated heterocycles. The molecule has 126 valence electrons. The first-order valence-corrected chi connectivity index (χ1v) is 7.50. The summed E-state index contributed by atoms with van der Waals surface area (Å²) >= 11 is 0. The van der Waals surface area contributed by atoms with E-state index >= 15 is 0 Å². The average molecular weight is 331 g/mol. The van der Waals surface area contributed by atoms with Crippen molar-refractivity contribution in [2.24, 2.45) is 0 Å². The van der Waals surface area contributed by atoms with Crippen LogP contribution < -0.4 is 9.47 Å². The minimum Gasteiger partial charge on any atom is -0.490 e. The van der Waals surface area contributed by atoms with Gasteiger partial charge in [0, 0.05) is 12.5 Å². The minimum absolute atomic E-state index is 0.238. The molecular weight excluding hydrogens is 313 g/mol. The lowest BCUT2D eigenvalue weighted by molar-refractivity contribution is -0.400.